The largest absolute Gasteiger partial charge is 0.462 e. The SMILES string of the molecule is CC/C=C\C/C=C\C/C=C\C/C=C\C/C=C\C/C=C\C/C=C\CCCCCCCC(=O)OCC(COC(=O)CCCC/C=C\C/C=C\C/C=C\C/C=C\CC)OC(=O)CCCCCCCCCC/C=C\C/C=C\C/C=C\C/C=C\CC. The van der Waals surface area contributed by atoms with Gasteiger partial charge in [-0.2, -0.15) is 0 Å². The maximum absolute atomic E-state index is 12.9. The lowest BCUT2D eigenvalue weighted by Crippen LogP contribution is -2.30. The van der Waals surface area contributed by atoms with E-state index >= 15 is 0 Å². The molecular formula is C75H116O6. The smallest absolute Gasteiger partial charge is 0.306 e. The van der Waals surface area contributed by atoms with Crippen molar-refractivity contribution in [2.45, 2.75) is 258 Å². The van der Waals surface area contributed by atoms with Gasteiger partial charge in [-0.3, -0.25) is 14.4 Å². The van der Waals surface area contributed by atoms with Crippen molar-refractivity contribution in [1.82, 2.24) is 0 Å². The van der Waals surface area contributed by atoms with Crippen LogP contribution < -0.4 is 0 Å². The average molecular weight is 1110 g/mol. The molecule has 452 valence electrons. The maximum Gasteiger partial charge on any atom is 0.306 e. The molecule has 0 aromatic carbocycles. The fourth-order valence-corrected chi connectivity index (χ4v) is 8.17. The third-order valence-corrected chi connectivity index (χ3v) is 12.9. The molecule has 0 aliphatic heterocycles. The normalized spacial score (nSPS) is 13.4. The average Bonchev–Trinajstić information content (AvgIpc) is 3.47. The van der Waals surface area contributed by atoms with E-state index in [9.17, 15) is 14.4 Å². The Kier molecular flexibility index (Phi) is 62.5. The number of esters is 3. The number of carbonyl (C=O) groups excluding carboxylic acids is 3. The van der Waals surface area contributed by atoms with Crippen molar-refractivity contribution >= 4 is 17.9 Å². The van der Waals surface area contributed by atoms with Gasteiger partial charge in [0.05, 0.1) is 0 Å². The molecular weight excluding hydrogens is 997 g/mol. The van der Waals surface area contributed by atoms with Crippen LogP contribution in [0, 0.1) is 0 Å². The number of hydrogen-bond acceptors (Lipinski definition) is 6. The highest BCUT2D eigenvalue weighted by Gasteiger charge is 2.19. The summed E-state index contributed by atoms with van der Waals surface area (Å²) >= 11 is 0. The van der Waals surface area contributed by atoms with E-state index in [2.05, 4.69) is 203 Å². The van der Waals surface area contributed by atoms with Gasteiger partial charge < -0.3 is 14.2 Å². The molecule has 81 heavy (non-hydrogen) atoms. The topological polar surface area (TPSA) is 78.9 Å². The lowest BCUT2D eigenvalue weighted by Gasteiger charge is -2.18. The molecule has 6 heteroatoms. The van der Waals surface area contributed by atoms with E-state index < -0.39 is 6.10 Å². The van der Waals surface area contributed by atoms with Crippen molar-refractivity contribution in [3.63, 3.8) is 0 Å². The van der Waals surface area contributed by atoms with Crippen molar-refractivity contribution in [2.24, 2.45) is 0 Å². The maximum atomic E-state index is 12.9. The zero-order valence-corrected chi connectivity index (χ0v) is 51.7. The van der Waals surface area contributed by atoms with Crippen molar-refractivity contribution in [1.29, 1.82) is 0 Å². The molecule has 0 aromatic rings. The zero-order valence-electron chi connectivity index (χ0n) is 51.7. The number of rotatable bonds is 56. The van der Waals surface area contributed by atoms with Crippen molar-refractivity contribution in [3.8, 4) is 0 Å². The Morgan fingerprint density at radius 3 is 0.716 bits per heavy atom. The lowest BCUT2D eigenvalue weighted by atomic mass is 10.1. The van der Waals surface area contributed by atoms with Crippen LogP contribution >= 0.6 is 0 Å². The quantitative estimate of drug-likeness (QED) is 0.0261. The first-order chi connectivity index (χ1) is 40.0. The van der Waals surface area contributed by atoms with E-state index in [1.54, 1.807) is 0 Å². The number of ether oxygens (including phenoxy) is 3. The highest BCUT2D eigenvalue weighted by molar-refractivity contribution is 5.71. The molecule has 0 radical (unpaired) electrons. The second kappa shape index (κ2) is 67.0. The van der Waals surface area contributed by atoms with Crippen LogP contribution in [0.3, 0.4) is 0 Å². The lowest BCUT2D eigenvalue weighted by molar-refractivity contribution is -0.167. The van der Waals surface area contributed by atoms with E-state index in [0.29, 0.717) is 25.7 Å². The molecule has 0 saturated heterocycles. The Labute approximate surface area is 497 Å². The van der Waals surface area contributed by atoms with Gasteiger partial charge in [-0.15, -0.1) is 0 Å². The molecule has 0 N–H and O–H groups in total. The molecule has 0 heterocycles. The number of hydrogen-bond donors (Lipinski definition) is 0. The molecule has 6 nitrogen and oxygen atoms in total. The van der Waals surface area contributed by atoms with Gasteiger partial charge in [-0.25, -0.2) is 0 Å². The van der Waals surface area contributed by atoms with Crippen LogP contribution in [-0.4, -0.2) is 37.2 Å². The number of allylic oxidation sites excluding steroid dienone is 30. The molecule has 0 aromatic heterocycles. The molecule has 1 atom stereocenters. The van der Waals surface area contributed by atoms with Crippen LogP contribution in [0.5, 0.6) is 0 Å². The summed E-state index contributed by atoms with van der Waals surface area (Å²) in [4.78, 5) is 38.4. The molecule has 0 aliphatic carbocycles. The van der Waals surface area contributed by atoms with Gasteiger partial charge in [0.25, 0.3) is 0 Å². The summed E-state index contributed by atoms with van der Waals surface area (Å²) in [6, 6.07) is 0. The van der Waals surface area contributed by atoms with E-state index in [1.807, 2.05) is 0 Å². The minimum Gasteiger partial charge on any atom is -0.462 e. The molecule has 0 aliphatic rings. The molecule has 0 spiro atoms. The van der Waals surface area contributed by atoms with Crippen LogP contribution in [-0.2, 0) is 28.6 Å². The second-order valence-corrected chi connectivity index (χ2v) is 20.5. The monoisotopic (exact) mass is 1110 g/mol. The van der Waals surface area contributed by atoms with Crippen LogP contribution in [0.4, 0.5) is 0 Å². The molecule has 0 saturated carbocycles. The van der Waals surface area contributed by atoms with Gasteiger partial charge in [-0.05, 0) is 154 Å². The standard InChI is InChI=1S/C75H116O6/c1-4-7-10-13-16-19-22-25-28-30-32-34-35-36-37-38-39-41-42-44-47-50-53-56-59-62-65-68-74(77)80-71-72(70-79-73(76)67-64-61-58-55-52-49-46-27-24-21-18-15-12-9-6-3)81-75(78)69-66-63-60-57-54-51-48-45-43-40-33-31-29-26-23-20-17-14-11-8-5-2/h7-12,16-21,25-29,32-34,36-37,39-41,44,46-47,52,55,72H,4-6,13-15,22-24,30-31,35,38,42-43,45,48-51,53-54,56-71H2,1-3H3/b10-7-,11-8-,12-9-,19-16-,20-17-,21-18-,28-25-,29-26-,34-32-,37-36-,40-33-,41-39-,46-27-,47-44-,55-52-. The Balaban J connectivity index is 4.49. The summed E-state index contributed by atoms with van der Waals surface area (Å²) in [5.41, 5.74) is 0. The Morgan fingerprint density at radius 2 is 0.444 bits per heavy atom. The van der Waals surface area contributed by atoms with E-state index in [-0.39, 0.29) is 31.1 Å². The van der Waals surface area contributed by atoms with Crippen LogP contribution in [0.1, 0.15) is 252 Å². The van der Waals surface area contributed by atoms with Gasteiger partial charge in [0.2, 0.25) is 0 Å². The van der Waals surface area contributed by atoms with Crippen molar-refractivity contribution in [3.05, 3.63) is 182 Å². The van der Waals surface area contributed by atoms with Crippen LogP contribution in [0.25, 0.3) is 0 Å². The summed E-state index contributed by atoms with van der Waals surface area (Å²) in [5.74, 6) is -0.989. The fourth-order valence-electron chi connectivity index (χ4n) is 8.17. The Morgan fingerprint density at radius 1 is 0.247 bits per heavy atom. The third kappa shape index (κ3) is 65.2. The summed E-state index contributed by atoms with van der Waals surface area (Å²) in [5, 5.41) is 0. The van der Waals surface area contributed by atoms with Gasteiger partial charge in [0.1, 0.15) is 13.2 Å². The predicted octanol–water partition coefficient (Wildman–Crippen LogP) is 22.4. The molecule has 0 fully saturated rings. The second-order valence-electron chi connectivity index (χ2n) is 20.5. The van der Waals surface area contributed by atoms with Gasteiger partial charge in [0.15, 0.2) is 6.10 Å². The van der Waals surface area contributed by atoms with Crippen molar-refractivity contribution < 1.29 is 28.6 Å². The van der Waals surface area contributed by atoms with E-state index in [0.717, 1.165) is 173 Å². The highest BCUT2D eigenvalue weighted by atomic mass is 16.6. The summed E-state index contributed by atoms with van der Waals surface area (Å²) in [6.07, 6.45) is 100. The minimum atomic E-state index is -0.820. The van der Waals surface area contributed by atoms with Crippen LogP contribution in [0.15, 0.2) is 182 Å². The minimum absolute atomic E-state index is 0.114. The first-order valence-corrected chi connectivity index (χ1v) is 32.3. The molecule has 0 rings (SSSR count). The number of unbranched alkanes of at least 4 members (excludes halogenated alkanes) is 15. The first kappa shape index (κ1) is 75.5. The summed E-state index contributed by atoms with van der Waals surface area (Å²) in [7, 11) is 0. The predicted molar refractivity (Wildman–Crippen MR) is 352 cm³/mol. The van der Waals surface area contributed by atoms with E-state index in [4.69, 9.17) is 14.2 Å². The summed E-state index contributed by atoms with van der Waals surface area (Å²) < 4.78 is 16.9. The fraction of sp³-hybridized carbons (Fsp3) is 0.560. The molecule has 1 unspecified atom stereocenters. The van der Waals surface area contributed by atoms with Gasteiger partial charge >= 0.3 is 17.9 Å². The summed E-state index contributed by atoms with van der Waals surface area (Å²) in [6.45, 7) is 6.23. The first-order valence-electron chi connectivity index (χ1n) is 32.3. The Bertz CT molecular complexity index is 1900. The number of carbonyl (C=O) groups is 3. The van der Waals surface area contributed by atoms with E-state index in [1.165, 1.54) is 32.1 Å². The third-order valence-electron chi connectivity index (χ3n) is 12.9. The highest BCUT2D eigenvalue weighted by Crippen LogP contribution is 2.14. The molecule has 0 bridgehead atoms. The van der Waals surface area contributed by atoms with Crippen LogP contribution in [0.2, 0.25) is 0 Å². The van der Waals surface area contributed by atoms with Gasteiger partial charge in [0, 0.05) is 19.3 Å². The van der Waals surface area contributed by atoms with Gasteiger partial charge in [-0.1, -0.05) is 261 Å². The Hall–Kier alpha value is -5.49. The molecule has 0 amide bonds. The van der Waals surface area contributed by atoms with Crippen molar-refractivity contribution in [2.75, 3.05) is 13.2 Å². The zero-order chi connectivity index (χ0) is 58.5.